The van der Waals surface area contributed by atoms with Crippen molar-refractivity contribution in [1.29, 1.82) is 0 Å². The van der Waals surface area contributed by atoms with E-state index in [1.807, 2.05) is 11.9 Å². The van der Waals surface area contributed by atoms with Crippen LogP contribution in [0.15, 0.2) is 27.8 Å². The molecule has 1 aromatic heterocycles. The van der Waals surface area contributed by atoms with Crippen molar-refractivity contribution in [2.75, 3.05) is 38.2 Å². The molecule has 114 valence electrons. The third-order valence-electron chi connectivity index (χ3n) is 3.41. The highest BCUT2D eigenvalue weighted by atomic mass is 32.2. The van der Waals surface area contributed by atoms with Gasteiger partial charge in [-0.1, -0.05) is 0 Å². The molecule has 0 amide bonds. The summed E-state index contributed by atoms with van der Waals surface area (Å²) in [5, 5.41) is -0.278. The molecule has 0 bridgehead atoms. The molecule has 21 heavy (non-hydrogen) atoms. The summed E-state index contributed by atoms with van der Waals surface area (Å²) < 4.78 is 35.6. The first-order valence-electron chi connectivity index (χ1n) is 6.63. The standard InChI is InChI=1S/C13H17N3O4S/c1-16-4-5-19-10(7-16)8-21(17,18)13-15-11-3-2-9(14)6-12(11)20-13/h2-3,6,10H,4-5,7-8,14H2,1H3. The van der Waals surface area contributed by atoms with Crippen LogP contribution in [0.1, 0.15) is 0 Å². The second-order valence-electron chi connectivity index (χ2n) is 5.24. The fourth-order valence-electron chi connectivity index (χ4n) is 2.34. The molecule has 1 atom stereocenters. The fourth-order valence-corrected chi connectivity index (χ4v) is 3.62. The number of ether oxygens (including phenoxy) is 1. The Morgan fingerprint density at radius 2 is 2.29 bits per heavy atom. The summed E-state index contributed by atoms with van der Waals surface area (Å²) in [4.78, 5) is 6.07. The van der Waals surface area contributed by atoms with Crippen LogP contribution in [0.2, 0.25) is 0 Å². The van der Waals surface area contributed by atoms with Gasteiger partial charge in [-0.05, 0) is 19.2 Å². The lowest BCUT2D eigenvalue weighted by Crippen LogP contribution is -2.43. The summed E-state index contributed by atoms with van der Waals surface area (Å²) >= 11 is 0. The molecule has 3 rings (SSSR count). The second kappa shape index (κ2) is 5.28. The molecule has 0 saturated carbocycles. The second-order valence-corrected chi connectivity index (χ2v) is 7.16. The topological polar surface area (TPSA) is 98.7 Å². The minimum absolute atomic E-state index is 0.139. The van der Waals surface area contributed by atoms with Gasteiger partial charge in [0.2, 0.25) is 9.84 Å². The van der Waals surface area contributed by atoms with Gasteiger partial charge in [-0.15, -0.1) is 0 Å². The van der Waals surface area contributed by atoms with Gasteiger partial charge < -0.3 is 19.8 Å². The molecule has 0 spiro atoms. The monoisotopic (exact) mass is 311 g/mol. The first-order chi connectivity index (χ1) is 9.94. The van der Waals surface area contributed by atoms with Gasteiger partial charge in [0.05, 0.1) is 18.5 Å². The van der Waals surface area contributed by atoms with Crippen LogP contribution in [0.4, 0.5) is 5.69 Å². The molecular weight excluding hydrogens is 294 g/mol. The third kappa shape index (κ3) is 3.02. The number of likely N-dealkylation sites (N-methyl/N-ethyl adjacent to an activating group) is 1. The molecule has 8 heteroatoms. The van der Waals surface area contributed by atoms with E-state index in [9.17, 15) is 8.42 Å². The summed E-state index contributed by atoms with van der Waals surface area (Å²) in [6, 6.07) is 4.85. The van der Waals surface area contributed by atoms with Crippen molar-refractivity contribution in [3.63, 3.8) is 0 Å². The summed E-state index contributed by atoms with van der Waals surface area (Å²) in [5.74, 6) is -0.139. The predicted octanol–water partition coefficient (Wildman–Crippen LogP) is 0.514. The molecule has 2 heterocycles. The number of oxazole rings is 1. The van der Waals surface area contributed by atoms with E-state index in [-0.39, 0.29) is 17.1 Å². The van der Waals surface area contributed by atoms with Crippen LogP contribution in [0.25, 0.3) is 11.1 Å². The van der Waals surface area contributed by atoms with Crippen LogP contribution >= 0.6 is 0 Å². The Morgan fingerprint density at radius 1 is 1.48 bits per heavy atom. The van der Waals surface area contributed by atoms with Crippen LogP contribution in [-0.2, 0) is 14.6 Å². The van der Waals surface area contributed by atoms with Crippen molar-refractivity contribution < 1.29 is 17.6 Å². The number of fused-ring (bicyclic) bond motifs is 1. The zero-order chi connectivity index (χ0) is 15.0. The van der Waals surface area contributed by atoms with Gasteiger partial charge in [0.15, 0.2) is 5.58 Å². The van der Waals surface area contributed by atoms with Gasteiger partial charge in [0.25, 0.3) is 0 Å². The Morgan fingerprint density at radius 3 is 3.05 bits per heavy atom. The maximum absolute atomic E-state index is 12.4. The molecule has 1 fully saturated rings. The lowest BCUT2D eigenvalue weighted by Gasteiger charge is -2.29. The minimum Gasteiger partial charge on any atom is -0.428 e. The molecule has 2 aromatic rings. The largest absolute Gasteiger partial charge is 0.428 e. The predicted molar refractivity (Wildman–Crippen MR) is 77.7 cm³/mol. The maximum Gasteiger partial charge on any atom is 0.316 e. The lowest BCUT2D eigenvalue weighted by molar-refractivity contribution is -0.00693. The van der Waals surface area contributed by atoms with Gasteiger partial charge in [-0.3, -0.25) is 0 Å². The molecule has 0 aliphatic carbocycles. The first-order valence-corrected chi connectivity index (χ1v) is 8.28. The molecular formula is C13H17N3O4S. The Hall–Kier alpha value is -1.64. The van der Waals surface area contributed by atoms with Gasteiger partial charge >= 0.3 is 5.22 Å². The Kier molecular flexibility index (Phi) is 3.60. The third-order valence-corrected chi connectivity index (χ3v) is 4.92. The number of morpholine rings is 1. The Balaban J connectivity index is 1.85. The van der Waals surface area contributed by atoms with E-state index < -0.39 is 9.84 Å². The van der Waals surface area contributed by atoms with E-state index in [1.54, 1.807) is 18.2 Å². The van der Waals surface area contributed by atoms with Crippen molar-refractivity contribution >= 4 is 26.6 Å². The van der Waals surface area contributed by atoms with Crippen molar-refractivity contribution in [2.45, 2.75) is 11.3 Å². The van der Waals surface area contributed by atoms with Gasteiger partial charge in [-0.25, -0.2) is 8.42 Å². The fraction of sp³-hybridized carbons (Fsp3) is 0.462. The smallest absolute Gasteiger partial charge is 0.316 e. The maximum atomic E-state index is 12.4. The molecule has 1 saturated heterocycles. The Bertz CT molecular complexity index is 756. The molecule has 1 aromatic carbocycles. The summed E-state index contributed by atoms with van der Waals surface area (Å²) in [6.45, 7) is 1.91. The number of aromatic nitrogens is 1. The summed E-state index contributed by atoms with van der Waals surface area (Å²) in [6.07, 6.45) is -0.367. The van der Waals surface area contributed by atoms with Crippen LogP contribution in [0.5, 0.6) is 0 Å². The normalized spacial score (nSPS) is 20.9. The summed E-state index contributed by atoms with van der Waals surface area (Å²) in [7, 11) is -1.69. The highest BCUT2D eigenvalue weighted by Crippen LogP contribution is 2.22. The van der Waals surface area contributed by atoms with Crippen molar-refractivity contribution in [3.05, 3.63) is 18.2 Å². The number of hydrogen-bond acceptors (Lipinski definition) is 7. The van der Waals surface area contributed by atoms with Gasteiger partial charge in [0.1, 0.15) is 5.52 Å². The van der Waals surface area contributed by atoms with Crippen LogP contribution in [0, 0.1) is 0 Å². The number of nitrogen functional groups attached to an aromatic ring is 1. The molecule has 7 nitrogen and oxygen atoms in total. The number of nitrogens with two attached hydrogens (primary N) is 1. The van der Waals surface area contributed by atoms with Crippen molar-refractivity contribution in [1.82, 2.24) is 9.88 Å². The van der Waals surface area contributed by atoms with Crippen LogP contribution < -0.4 is 5.73 Å². The lowest BCUT2D eigenvalue weighted by atomic mass is 10.3. The number of nitrogens with zero attached hydrogens (tertiary/aromatic N) is 2. The molecule has 1 unspecified atom stereocenters. The number of hydrogen-bond donors (Lipinski definition) is 1. The van der Waals surface area contributed by atoms with Crippen LogP contribution in [-0.4, -0.2) is 56.9 Å². The van der Waals surface area contributed by atoms with Gasteiger partial charge in [-0.2, -0.15) is 4.98 Å². The SMILES string of the molecule is CN1CCOC(CS(=O)(=O)c2nc3ccc(N)cc3o2)C1. The van der Waals surface area contributed by atoms with Crippen molar-refractivity contribution in [3.8, 4) is 0 Å². The average Bonchev–Trinajstić information content (AvgIpc) is 2.82. The molecule has 1 aliphatic heterocycles. The summed E-state index contributed by atoms with van der Waals surface area (Å²) in [5.41, 5.74) is 6.99. The molecule has 0 radical (unpaired) electrons. The first kappa shape index (κ1) is 14.3. The van der Waals surface area contributed by atoms with Crippen LogP contribution in [0.3, 0.4) is 0 Å². The number of benzene rings is 1. The van der Waals surface area contributed by atoms with E-state index >= 15 is 0 Å². The van der Waals surface area contributed by atoms with Crippen molar-refractivity contribution in [2.24, 2.45) is 0 Å². The highest BCUT2D eigenvalue weighted by molar-refractivity contribution is 7.91. The van der Waals surface area contributed by atoms with Gasteiger partial charge in [0, 0.05) is 24.8 Å². The van der Waals surface area contributed by atoms with E-state index in [2.05, 4.69) is 4.98 Å². The average molecular weight is 311 g/mol. The van der Waals surface area contributed by atoms with E-state index in [0.717, 1.165) is 6.54 Å². The quantitative estimate of drug-likeness (QED) is 0.825. The number of rotatable bonds is 3. The zero-order valence-corrected chi connectivity index (χ0v) is 12.5. The molecule has 1 aliphatic rings. The minimum atomic E-state index is -3.63. The Labute approximate surface area is 122 Å². The van der Waals surface area contributed by atoms with E-state index in [0.29, 0.717) is 29.9 Å². The van der Waals surface area contributed by atoms with E-state index in [4.69, 9.17) is 14.9 Å². The number of anilines is 1. The number of sulfone groups is 1. The zero-order valence-electron chi connectivity index (χ0n) is 11.7. The molecule has 2 N–H and O–H groups in total. The van der Waals surface area contributed by atoms with E-state index in [1.165, 1.54) is 0 Å². The highest BCUT2D eigenvalue weighted by Gasteiger charge is 2.29.